The van der Waals surface area contributed by atoms with Gasteiger partial charge in [-0.25, -0.2) is 9.37 Å². The molecule has 0 bridgehead atoms. The Balaban J connectivity index is 2.23. The second-order valence-electron chi connectivity index (χ2n) is 3.93. The molecule has 0 saturated carbocycles. The maximum atomic E-state index is 13.6. The van der Waals surface area contributed by atoms with Crippen LogP contribution < -0.4 is 5.32 Å². The molecule has 0 aliphatic rings. The minimum absolute atomic E-state index is 0.0988. The average molecular weight is 299 g/mol. The number of hydrogen-bond acceptors (Lipinski definition) is 2. The number of rotatable bonds is 2. The van der Waals surface area contributed by atoms with Crippen LogP contribution in [0.2, 0.25) is 10.2 Å². The Morgan fingerprint density at radius 3 is 2.68 bits per heavy atom. The predicted molar refractivity (Wildman–Crippen MR) is 73.3 cm³/mol. The second-order valence-corrected chi connectivity index (χ2v) is 4.70. The number of aryl methyl sites for hydroxylation is 1. The van der Waals surface area contributed by atoms with Crippen LogP contribution in [0.4, 0.5) is 10.1 Å². The van der Waals surface area contributed by atoms with Crippen molar-refractivity contribution in [2.45, 2.75) is 6.92 Å². The van der Waals surface area contributed by atoms with Crippen LogP contribution in [0.1, 0.15) is 15.9 Å². The summed E-state index contributed by atoms with van der Waals surface area (Å²) in [4.78, 5) is 15.7. The van der Waals surface area contributed by atoms with E-state index in [1.807, 2.05) is 0 Å². The summed E-state index contributed by atoms with van der Waals surface area (Å²) in [6.07, 6.45) is 1.27. The number of nitrogens with one attached hydrogen (secondary N) is 1. The number of nitrogens with zero attached hydrogens (tertiary/aromatic N) is 1. The molecule has 2 rings (SSSR count). The summed E-state index contributed by atoms with van der Waals surface area (Å²) in [7, 11) is 0. The number of carbonyl (C=O) groups is 1. The Morgan fingerprint density at radius 1 is 1.32 bits per heavy atom. The summed E-state index contributed by atoms with van der Waals surface area (Å²) >= 11 is 11.4. The van der Waals surface area contributed by atoms with Crippen LogP contribution in [-0.4, -0.2) is 10.9 Å². The number of benzene rings is 1. The molecule has 98 valence electrons. The normalized spacial score (nSPS) is 10.3. The summed E-state index contributed by atoms with van der Waals surface area (Å²) in [6.45, 7) is 1.76. The number of halogens is 3. The van der Waals surface area contributed by atoms with Gasteiger partial charge in [0, 0.05) is 6.20 Å². The van der Waals surface area contributed by atoms with E-state index in [0.29, 0.717) is 0 Å². The van der Waals surface area contributed by atoms with Crippen LogP contribution in [0.5, 0.6) is 0 Å². The lowest BCUT2D eigenvalue weighted by molar-refractivity contribution is 0.102. The molecule has 2 aromatic rings. The molecule has 0 aliphatic carbocycles. The van der Waals surface area contributed by atoms with Crippen LogP contribution in [0.25, 0.3) is 0 Å². The molecule has 0 spiro atoms. The molecule has 1 aromatic carbocycles. The lowest BCUT2D eigenvalue weighted by Gasteiger charge is -2.07. The third kappa shape index (κ3) is 3.22. The van der Waals surface area contributed by atoms with E-state index in [4.69, 9.17) is 23.2 Å². The smallest absolute Gasteiger partial charge is 0.257 e. The van der Waals surface area contributed by atoms with Gasteiger partial charge in [-0.1, -0.05) is 29.3 Å². The lowest BCUT2D eigenvalue weighted by Crippen LogP contribution is -2.13. The first-order valence-electron chi connectivity index (χ1n) is 5.36. The van der Waals surface area contributed by atoms with Gasteiger partial charge in [0.05, 0.1) is 16.3 Å². The minimum Gasteiger partial charge on any atom is -0.319 e. The Labute approximate surface area is 119 Å². The van der Waals surface area contributed by atoms with Crippen molar-refractivity contribution in [3.63, 3.8) is 0 Å². The van der Waals surface area contributed by atoms with Gasteiger partial charge in [0.15, 0.2) is 0 Å². The summed E-state index contributed by atoms with van der Waals surface area (Å²) in [5, 5.41) is 2.72. The van der Waals surface area contributed by atoms with Crippen molar-refractivity contribution >= 4 is 34.8 Å². The Kier molecular flexibility index (Phi) is 4.02. The second kappa shape index (κ2) is 5.55. The van der Waals surface area contributed by atoms with Crippen molar-refractivity contribution < 1.29 is 9.18 Å². The molecule has 0 unspecified atom stereocenters. The van der Waals surface area contributed by atoms with Gasteiger partial charge in [-0.05, 0) is 30.7 Å². The molecule has 1 aromatic heterocycles. The number of anilines is 1. The van der Waals surface area contributed by atoms with Crippen molar-refractivity contribution in [1.82, 2.24) is 4.98 Å². The molecule has 19 heavy (non-hydrogen) atoms. The predicted octanol–water partition coefficient (Wildman–Crippen LogP) is 4.09. The lowest BCUT2D eigenvalue weighted by atomic mass is 10.2. The number of hydrogen-bond donors (Lipinski definition) is 1. The van der Waals surface area contributed by atoms with Crippen molar-refractivity contribution in [3.05, 3.63) is 57.6 Å². The standard InChI is InChI=1S/C13H9Cl2FN2O/c1-7-2-3-11(10(16)4-7)18-13(19)8-5-9(14)12(15)17-6-8/h2-6H,1H3,(H,18,19). The Hall–Kier alpha value is -1.65. The van der Waals surface area contributed by atoms with Crippen molar-refractivity contribution in [2.24, 2.45) is 0 Å². The Morgan fingerprint density at radius 2 is 2.05 bits per heavy atom. The number of carbonyl (C=O) groups excluding carboxylic acids is 1. The summed E-state index contributed by atoms with van der Waals surface area (Å²) in [6, 6.07) is 5.90. The monoisotopic (exact) mass is 298 g/mol. The zero-order valence-corrected chi connectivity index (χ0v) is 11.4. The van der Waals surface area contributed by atoms with Gasteiger partial charge in [0.1, 0.15) is 11.0 Å². The van der Waals surface area contributed by atoms with Crippen molar-refractivity contribution in [2.75, 3.05) is 5.32 Å². The third-order valence-electron chi connectivity index (χ3n) is 2.43. The zero-order valence-electron chi connectivity index (χ0n) is 9.88. The number of aromatic nitrogens is 1. The van der Waals surface area contributed by atoms with Gasteiger partial charge in [0.2, 0.25) is 0 Å². The fourth-order valence-corrected chi connectivity index (χ4v) is 1.73. The fourth-order valence-electron chi connectivity index (χ4n) is 1.46. The van der Waals surface area contributed by atoms with Crippen LogP contribution in [0, 0.1) is 12.7 Å². The maximum Gasteiger partial charge on any atom is 0.257 e. The maximum absolute atomic E-state index is 13.6. The van der Waals surface area contributed by atoms with Crippen LogP contribution >= 0.6 is 23.2 Å². The first-order chi connectivity index (χ1) is 8.97. The van der Waals surface area contributed by atoms with E-state index in [1.165, 1.54) is 24.4 Å². The van der Waals surface area contributed by atoms with Gasteiger partial charge in [-0.3, -0.25) is 4.79 Å². The summed E-state index contributed by atoms with van der Waals surface area (Å²) in [5.74, 6) is -1.00. The molecule has 0 aliphatic heterocycles. The SMILES string of the molecule is Cc1ccc(NC(=O)c2cnc(Cl)c(Cl)c2)c(F)c1. The fraction of sp³-hybridized carbons (Fsp3) is 0.0769. The van der Waals surface area contributed by atoms with Gasteiger partial charge in [0.25, 0.3) is 5.91 Å². The first-order valence-corrected chi connectivity index (χ1v) is 6.11. The molecule has 3 nitrogen and oxygen atoms in total. The molecule has 0 radical (unpaired) electrons. The topological polar surface area (TPSA) is 42.0 Å². The summed E-state index contributed by atoms with van der Waals surface area (Å²) in [5.41, 5.74) is 1.07. The Bertz CT molecular complexity index is 647. The highest BCUT2D eigenvalue weighted by Gasteiger charge is 2.11. The molecule has 1 amide bonds. The number of amides is 1. The van der Waals surface area contributed by atoms with E-state index in [0.717, 1.165) is 5.56 Å². The molecule has 0 atom stereocenters. The van der Waals surface area contributed by atoms with E-state index in [1.54, 1.807) is 13.0 Å². The van der Waals surface area contributed by atoms with Crippen molar-refractivity contribution in [3.8, 4) is 0 Å². The summed E-state index contributed by atoms with van der Waals surface area (Å²) < 4.78 is 13.6. The molecule has 1 heterocycles. The van der Waals surface area contributed by atoms with Crippen molar-refractivity contribution in [1.29, 1.82) is 0 Å². The van der Waals surface area contributed by atoms with Crippen LogP contribution in [0.15, 0.2) is 30.5 Å². The van der Waals surface area contributed by atoms with Gasteiger partial charge >= 0.3 is 0 Å². The molecule has 0 fully saturated rings. The van der Waals surface area contributed by atoms with Crippen LogP contribution in [-0.2, 0) is 0 Å². The van der Waals surface area contributed by atoms with E-state index in [9.17, 15) is 9.18 Å². The average Bonchev–Trinajstić information content (AvgIpc) is 2.36. The van der Waals surface area contributed by atoms with E-state index < -0.39 is 11.7 Å². The molecule has 6 heteroatoms. The van der Waals surface area contributed by atoms with Gasteiger partial charge in [-0.15, -0.1) is 0 Å². The molecule has 0 saturated heterocycles. The highest BCUT2D eigenvalue weighted by Crippen LogP contribution is 2.21. The third-order valence-corrected chi connectivity index (χ3v) is 3.12. The highest BCUT2D eigenvalue weighted by molar-refractivity contribution is 6.41. The first kappa shape index (κ1) is 13.8. The van der Waals surface area contributed by atoms with E-state index >= 15 is 0 Å². The molecular formula is C13H9Cl2FN2O. The zero-order chi connectivity index (χ0) is 14.0. The number of pyridine rings is 1. The van der Waals surface area contributed by atoms with E-state index in [-0.39, 0.29) is 21.4 Å². The minimum atomic E-state index is -0.506. The quantitative estimate of drug-likeness (QED) is 0.849. The molecular weight excluding hydrogens is 290 g/mol. The van der Waals surface area contributed by atoms with E-state index in [2.05, 4.69) is 10.3 Å². The van der Waals surface area contributed by atoms with Crippen LogP contribution in [0.3, 0.4) is 0 Å². The molecule has 1 N–H and O–H groups in total. The van der Waals surface area contributed by atoms with Gasteiger partial charge in [-0.2, -0.15) is 0 Å². The largest absolute Gasteiger partial charge is 0.319 e. The highest BCUT2D eigenvalue weighted by atomic mass is 35.5. The van der Waals surface area contributed by atoms with Gasteiger partial charge < -0.3 is 5.32 Å².